The third-order valence-corrected chi connectivity index (χ3v) is 4.15. The van der Waals surface area contributed by atoms with Crippen LogP contribution in [0.5, 0.6) is 11.5 Å². The Morgan fingerprint density at radius 2 is 2.33 bits per heavy atom. The van der Waals surface area contributed by atoms with Crippen LogP contribution in [-0.2, 0) is 6.42 Å². The molecule has 1 atom stereocenters. The summed E-state index contributed by atoms with van der Waals surface area (Å²) < 4.78 is 12.7. The first-order valence-electron chi connectivity index (χ1n) is 7.73. The average Bonchev–Trinajstić information content (AvgIpc) is 3.08. The van der Waals surface area contributed by atoms with Crippen LogP contribution in [0.4, 0.5) is 11.8 Å². The van der Waals surface area contributed by atoms with Crippen molar-refractivity contribution in [2.75, 3.05) is 31.3 Å². The van der Waals surface area contributed by atoms with Gasteiger partial charge in [-0.3, -0.25) is 4.40 Å². The Morgan fingerprint density at radius 3 is 3.21 bits per heavy atom. The van der Waals surface area contributed by atoms with E-state index >= 15 is 0 Å². The molecule has 3 aromatic rings. The molecule has 3 heterocycles. The molecule has 0 unspecified atom stereocenters. The standard InChI is InChI=1S/C16H18N6O2/c1-23-12-3-2-11-4-10(8-24-13(11)5-12)7-18-14-6-15-21-19-9-22(15)16(17)20-14/h2-3,5-6,9-10,18H,4,7-8H2,1H3,(H2,17,20)/t10-/m1/s1. The van der Waals surface area contributed by atoms with Crippen molar-refractivity contribution in [1.29, 1.82) is 0 Å². The highest BCUT2D eigenvalue weighted by molar-refractivity contribution is 5.53. The average molecular weight is 326 g/mol. The summed E-state index contributed by atoms with van der Waals surface area (Å²) in [6, 6.07) is 7.77. The SMILES string of the molecule is COc1ccc2c(c1)OC[C@@H](CNc1cc3nncn3c(N)n1)C2. The van der Waals surface area contributed by atoms with E-state index in [0.29, 0.717) is 29.9 Å². The minimum absolute atomic E-state index is 0.350. The van der Waals surface area contributed by atoms with Gasteiger partial charge in [0.25, 0.3) is 0 Å². The third kappa shape index (κ3) is 2.66. The summed E-state index contributed by atoms with van der Waals surface area (Å²) in [6.07, 6.45) is 2.48. The van der Waals surface area contributed by atoms with E-state index in [4.69, 9.17) is 15.2 Å². The van der Waals surface area contributed by atoms with Gasteiger partial charge in [-0.15, -0.1) is 10.2 Å². The van der Waals surface area contributed by atoms with Crippen LogP contribution in [0.25, 0.3) is 5.65 Å². The lowest BCUT2D eigenvalue weighted by Crippen LogP contribution is -2.27. The third-order valence-electron chi connectivity index (χ3n) is 4.15. The normalized spacial score (nSPS) is 16.5. The van der Waals surface area contributed by atoms with Gasteiger partial charge in [-0.25, -0.2) is 0 Å². The second kappa shape index (κ2) is 5.88. The topological polar surface area (TPSA) is 99.6 Å². The monoisotopic (exact) mass is 326 g/mol. The summed E-state index contributed by atoms with van der Waals surface area (Å²) in [4.78, 5) is 4.32. The molecule has 1 aliphatic rings. The van der Waals surface area contributed by atoms with E-state index < -0.39 is 0 Å². The lowest BCUT2D eigenvalue weighted by Gasteiger charge is -2.26. The molecule has 0 saturated heterocycles. The molecule has 0 bridgehead atoms. The molecule has 1 aromatic carbocycles. The maximum atomic E-state index is 5.90. The van der Waals surface area contributed by atoms with Crippen LogP contribution in [0.1, 0.15) is 5.56 Å². The van der Waals surface area contributed by atoms with E-state index in [0.717, 1.165) is 24.5 Å². The number of benzene rings is 1. The van der Waals surface area contributed by atoms with Crippen molar-refractivity contribution in [2.45, 2.75) is 6.42 Å². The van der Waals surface area contributed by atoms with Gasteiger partial charge in [0.15, 0.2) is 5.65 Å². The molecule has 124 valence electrons. The molecule has 0 fully saturated rings. The minimum atomic E-state index is 0.350. The van der Waals surface area contributed by atoms with Crippen molar-refractivity contribution in [1.82, 2.24) is 19.6 Å². The van der Waals surface area contributed by atoms with Crippen LogP contribution >= 0.6 is 0 Å². The van der Waals surface area contributed by atoms with Crippen molar-refractivity contribution in [3.8, 4) is 11.5 Å². The van der Waals surface area contributed by atoms with Crippen LogP contribution in [-0.4, -0.2) is 39.8 Å². The van der Waals surface area contributed by atoms with E-state index in [-0.39, 0.29) is 0 Å². The molecule has 2 aromatic heterocycles. The fraction of sp³-hybridized carbons (Fsp3) is 0.312. The molecule has 8 nitrogen and oxygen atoms in total. The Bertz CT molecular complexity index is 878. The van der Waals surface area contributed by atoms with Gasteiger partial charge >= 0.3 is 0 Å². The molecular formula is C16H18N6O2. The van der Waals surface area contributed by atoms with Crippen molar-refractivity contribution in [2.24, 2.45) is 5.92 Å². The molecule has 1 aliphatic heterocycles. The number of hydrogen-bond acceptors (Lipinski definition) is 7. The number of hydrogen-bond donors (Lipinski definition) is 2. The zero-order valence-corrected chi connectivity index (χ0v) is 13.3. The first-order chi connectivity index (χ1) is 11.7. The van der Waals surface area contributed by atoms with E-state index in [1.54, 1.807) is 17.8 Å². The number of aromatic nitrogens is 4. The summed E-state index contributed by atoms with van der Waals surface area (Å²) >= 11 is 0. The van der Waals surface area contributed by atoms with Gasteiger partial charge < -0.3 is 20.5 Å². The van der Waals surface area contributed by atoms with Gasteiger partial charge in [-0.05, 0) is 18.1 Å². The second-order valence-corrected chi connectivity index (χ2v) is 5.79. The highest BCUT2D eigenvalue weighted by atomic mass is 16.5. The van der Waals surface area contributed by atoms with E-state index in [1.807, 2.05) is 18.2 Å². The molecule has 24 heavy (non-hydrogen) atoms. The molecule has 0 amide bonds. The van der Waals surface area contributed by atoms with Gasteiger partial charge in [0.2, 0.25) is 5.95 Å². The van der Waals surface area contributed by atoms with Crippen LogP contribution < -0.4 is 20.5 Å². The summed E-state index contributed by atoms with van der Waals surface area (Å²) in [5, 5.41) is 11.1. The van der Waals surface area contributed by atoms with Crippen LogP contribution in [0.2, 0.25) is 0 Å². The molecule has 8 heteroatoms. The first kappa shape index (κ1) is 14.6. The zero-order chi connectivity index (χ0) is 16.5. The lowest BCUT2D eigenvalue weighted by molar-refractivity contribution is 0.228. The predicted octanol–water partition coefficient (Wildman–Crippen LogP) is 1.38. The Kier molecular flexibility index (Phi) is 3.56. The Hall–Kier alpha value is -3.03. The first-order valence-corrected chi connectivity index (χ1v) is 7.73. The maximum absolute atomic E-state index is 5.90. The van der Waals surface area contributed by atoms with Crippen molar-refractivity contribution in [3.05, 3.63) is 36.2 Å². The quantitative estimate of drug-likeness (QED) is 0.747. The van der Waals surface area contributed by atoms with Gasteiger partial charge in [0, 0.05) is 24.6 Å². The Labute approximate surface area is 138 Å². The fourth-order valence-corrected chi connectivity index (χ4v) is 2.86. The van der Waals surface area contributed by atoms with Crippen LogP contribution in [0.3, 0.4) is 0 Å². The van der Waals surface area contributed by atoms with Crippen molar-refractivity contribution < 1.29 is 9.47 Å². The van der Waals surface area contributed by atoms with Gasteiger partial charge in [-0.2, -0.15) is 4.98 Å². The molecule has 4 rings (SSSR count). The number of methoxy groups -OCH3 is 1. The number of fused-ring (bicyclic) bond motifs is 2. The number of rotatable bonds is 4. The van der Waals surface area contributed by atoms with Gasteiger partial charge in [-0.1, -0.05) is 6.07 Å². The number of nitrogens with one attached hydrogen (secondary N) is 1. The van der Waals surface area contributed by atoms with Crippen LogP contribution in [0.15, 0.2) is 30.6 Å². The van der Waals surface area contributed by atoms with E-state index in [2.05, 4.69) is 26.6 Å². The summed E-state index contributed by atoms with van der Waals surface area (Å²) in [5.74, 6) is 3.11. The number of nitrogens with zero attached hydrogens (tertiary/aromatic N) is 4. The second-order valence-electron chi connectivity index (χ2n) is 5.79. The van der Waals surface area contributed by atoms with Crippen LogP contribution in [0, 0.1) is 5.92 Å². The molecule has 0 aliphatic carbocycles. The van der Waals surface area contributed by atoms with Gasteiger partial charge in [0.05, 0.1) is 13.7 Å². The number of anilines is 2. The van der Waals surface area contributed by atoms with Gasteiger partial charge in [0.1, 0.15) is 23.6 Å². The predicted molar refractivity (Wildman–Crippen MR) is 89.4 cm³/mol. The van der Waals surface area contributed by atoms with Crippen molar-refractivity contribution >= 4 is 17.4 Å². The summed E-state index contributed by atoms with van der Waals surface area (Å²) in [7, 11) is 1.65. The zero-order valence-electron chi connectivity index (χ0n) is 13.3. The summed E-state index contributed by atoms with van der Waals surface area (Å²) in [6.45, 7) is 1.39. The number of ether oxygens (including phenoxy) is 2. The molecule has 0 saturated carbocycles. The van der Waals surface area contributed by atoms with Crippen molar-refractivity contribution in [3.63, 3.8) is 0 Å². The Balaban J connectivity index is 1.44. The van der Waals surface area contributed by atoms with E-state index in [9.17, 15) is 0 Å². The van der Waals surface area contributed by atoms with E-state index in [1.165, 1.54) is 5.56 Å². The molecule has 3 N–H and O–H groups in total. The smallest absolute Gasteiger partial charge is 0.209 e. The number of nitrogens with two attached hydrogens (primary N) is 1. The molecule has 0 radical (unpaired) electrons. The summed E-state index contributed by atoms with van der Waals surface area (Å²) in [5.41, 5.74) is 7.75. The molecular weight excluding hydrogens is 308 g/mol. The lowest BCUT2D eigenvalue weighted by atomic mass is 9.96. The minimum Gasteiger partial charge on any atom is -0.497 e. The highest BCUT2D eigenvalue weighted by Gasteiger charge is 2.20. The highest BCUT2D eigenvalue weighted by Crippen LogP contribution is 2.31. The largest absolute Gasteiger partial charge is 0.497 e. The number of nitrogen functional groups attached to an aromatic ring is 1. The fourth-order valence-electron chi connectivity index (χ4n) is 2.86. The molecule has 0 spiro atoms. The maximum Gasteiger partial charge on any atom is 0.209 e. The Morgan fingerprint density at radius 1 is 1.42 bits per heavy atom.